The van der Waals surface area contributed by atoms with Gasteiger partial charge in [-0.3, -0.25) is 9.59 Å². The van der Waals surface area contributed by atoms with Crippen molar-refractivity contribution in [3.63, 3.8) is 0 Å². The molecule has 0 unspecified atom stereocenters. The highest BCUT2D eigenvalue weighted by Gasteiger charge is 2.21. The summed E-state index contributed by atoms with van der Waals surface area (Å²) >= 11 is 0. The summed E-state index contributed by atoms with van der Waals surface area (Å²) in [7, 11) is 0. The molecular formula is C18H26N2O5. The number of carbonyl (C=O) groups is 3. The van der Waals surface area contributed by atoms with Crippen LogP contribution in [0.3, 0.4) is 0 Å². The molecule has 0 fully saturated rings. The standard InChI is InChI=1S/C18H26N2O5/c1-11(2)7-14(18(23)24)20-16(21)9-19-17(22)10-25-15-8-12(3)5-6-13(15)4/h5-6,8,11,14H,7,9-10H2,1-4H3,(H,19,22)(H,20,21)(H,23,24)/t14-/m0/s1. The lowest BCUT2D eigenvalue weighted by atomic mass is 10.0. The Morgan fingerprint density at radius 3 is 2.44 bits per heavy atom. The van der Waals surface area contributed by atoms with E-state index in [1.54, 1.807) is 0 Å². The Morgan fingerprint density at radius 1 is 1.16 bits per heavy atom. The number of hydrogen-bond acceptors (Lipinski definition) is 4. The predicted octanol–water partition coefficient (Wildman–Crippen LogP) is 1.41. The van der Waals surface area contributed by atoms with E-state index < -0.39 is 23.8 Å². The summed E-state index contributed by atoms with van der Waals surface area (Å²) in [6, 6.07) is 4.72. The highest BCUT2D eigenvalue weighted by atomic mass is 16.5. The van der Waals surface area contributed by atoms with Gasteiger partial charge in [-0.15, -0.1) is 0 Å². The predicted molar refractivity (Wildman–Crippen MR) is 93.4 cm³/mol. The molecule has 0 aliphatic heterocycles. The van der Waals surface area contributed by atoms with E-state index in [2.05, 4.69) is 10.6 Å². The molecule has 1 atom stereocenters. The van der Waals surface area contributed by atoms with Gasteiger partial charge < -0.3 is 20.5 Å². The minimum absolute atomic E-state index is 0.127. The van der Waals surface area contributed by atoms with Crippen molar-refractivity contribution in [3.8, 4) is 5.75 Å². The number of nitrogens with one attached hydrogen (secondary N) is 2. The highest BCUT2D eigenvalue weighted by molar-refractivity contribution is 5.88. The summed E-state index contributed by atoms with van der Waals surface area (Å²) in [5.74, 6) is -1.35. The Hall–Kier alpha value is -2.57. The Balaban J connectivity index is 2.41. The molecule has 7 heteroatoms. The maximum absolute atomic E-state index is 11.8. The van der Waals surface area contributed by atoms with Crippen LogP contribution in [0.5, 0.6) is 5.75 Å². The number of hydrogen-bond donors (Lipinski definition) is 3. The van der Waals surface area contributed by atoms with E-state index >= 15 is 0 Å². The summed E-state index contributed by atoms with van der Waals surface area (Å²) in [5, 5.41) is 13.9. The van der Waals surface area contributed by atoms with E-state index in [0.29, 0.717) is 12.2 Å². The largest absolute Gasteiger partial charge is 0.483 e. The Kier molecular flexibility index (Phi) is 7.91. The first-order valence-electron chi connectivity index (χ1n) is 8.18. The molecule has 0 radical (unpaired) electrons. The van der Waals surface area contributed by atoms with Gasteiger partial charge in [-0.2, -0.15) is 0 Å². The normalized spacial score (nSPS) is 11.7. The molecule has 7 nitrogen and oxygen atoms in total. The van der Waals surface area contributed by atoms with Crippen molar-refractivity contribution in [2.45, 2.75) is 40.2 Å². The SMILES string of the molecule is Cc1ccc(C)c(OCC(=O)NCC(=O)N[C@@H](CC(C)C)C(=O)O)c1. The third kappa shape index (κ3) is 7.69. The lowest BCUT2D eigenvalue weighted by Gasteiger charge is -2.16. The van der Waals surface area contributed by atoms with Crippen LogP contribution in [0, 0.1) is 19.8 Å². The number of ether oxygens (including phenoxy) is 1. The van der Waals surface area contributed by atoms with Crippen LogP contribution in [-0.2, 0) is 14.4 Å². The van der Waals surface area contributed by atoms with Crippen molar-refractivity contribution in [1.29, 1.82) is 0 Å². The molecular weight excluding hydrogens is 324 g/mol. The maximum atomic E-state index is 11.8. The Morgan fingerprint density at radius 2 is 1.84 bits per heavy atom. The number of aliphatic carboxylic acids is 1. The second-order valence-electron chi connectivity index (χ2n) is 6.42. The van der Waals surface area contributed by atoms with Crippen LogP contribution in [0.15, 0.2) is 18.2 Å². The number of carboxylic acids is 1. The lowest BCUT2D eigenvalue weighted by molar-refractivity contribution is -0.142. The Labute approximate surface area is 147 Å². The van der Waals surface area contributed by atoms with Crippen LogP contribution in [0.4, 0.5) is 0 Å². The fourth-order valence-corrected chi connectivity index (χ4v) is 2.17. The van der Waals surface area contributed by atoms with Crippen LogP contribution in [0.1, 0.15) is 31.4 Å². The molecule has 0 aliphatic rings. The first-order valence-corrected chi connectivity index (χ1v) is 8.18. The number of rotatable bonds is 9. The van der Waals surface area contributed by atoms with Crippen molar-refractivity contribution in [2.24, 2.45) is 5.92 Å². The third-order valence-electron chi connectivity index (χ3n) is 3.49. The fraction of sp³-hybridized carbons (Fsp3) is 0.500. The summed E-state index contributed by atoms with van der Waals surface area (Å²) in [6.07, 6.45) is 0.324. The molecule has 3 N–H and O–H groups in total. The third-order valence-corrected chi connectivity index (χ3v) is 3.49. The van der Waals surface area contributed by atoms with Crippen molar-refractivity contribution in [3.05, 3.63) is 29.3 Å². The average Bonchev–Trinajstić information content (AvgIpc) is 2.52. The van der Waals surface area contributed by atoms with E-state index in [1.807, 2.05) is 45.9 Å². The van der Waals surface area contributed by atoms with Gasteiger partial charge in [-0.25, -0.2) is 4.79 Å². The van der Waals surface area contributed by atoms with Crippen LogP contribution in [0.2, 0.25) is 0 Å². The molecule has 0 saturated carbocycles. The lowest BCUT2D eigenvalue weighted by Crippen LogP contribution is -2.46. The maximum Gasteiger partial charge on any atom is 0.326 e. The van der Waals surface area contributed by atoms with Crippen LogP contribution >= 0.6 is 0 Å². The zero-order chi connectivity index (χ0) is 19.0. The fourth-order valence-electron chi connectivity index (χ4n) is 2.17. The number of carbonyl (C=O) groups excluding carboxylic acids is 2. The van der Waals surface area contributed by atoms with Gasteiger partial charge in [0.1, 0.15) is 11.8 Å². The molecule has 1 aromatic rings. The second kappa shape index (κ2) is 9.66. The van der Waals surface area contributed by atoms with Crippen LogP contribution < -0.4 is 15.4 Å². The van der Waals surface area contributed by atoms with Crippen LogP contribution in [-0.4, -0.2) is 42.1 Å². The van der Waals surface area contributed by atoms with Gasteiger partial charge in [-0.1, -0.05) is 26.0 Å². The molecule has 0 aliphatic carbocycles. The molecule has 0 spiro atoms. The highest BCUT2D eigenvalue weighted by Crippen LogP contribution is 2.18. The summed E-state index contributed by atoms with van der Waals surface area (Å²) in [4.78, 5) is 34.7. The number of aryl methyl sites for hydroxylation is 2. The van der Waals surface area contributed by atoms with Gasteiger partial charge >= 0.3 is 5.97 Å². The summed E-state index contributed by atoms with van der Waals surface area (Å²) in [5.41, 5.74) is 1.93. The summed E-state index contributed by atoms with van der Waals surface area (Å²) < 4.78 is 5.45. The first kappa shape index (κ1) is 20.5. The van der Waals surface area contributed by atoms with E-state index in [0.717, 1.165) is 11.1 Å². The summed E-state index contributed by atoms with van der Waals surface area (Å²) in [6.45, 7) is 7.03. The van der Waals surface area contributed by atoms with Crippen molar-refractivity contribution in [1.82, 2.24) is 10.6 Å². The van der Waals surface area contributed by atoms with E-state index in [4.69, 9.17) is 9.84 Å². The topological polar surface area (TPSA) is 105 Å². The zero-order valence-corrected chi connectivity index (χ0v) is 15.1. The molecule has 0 aromatic heterocycles. The van der Waals surface area contributed by atoms with Crippen LogP contribution in [0.25, 0.3) is 0 Å². The quantitative estimate of drug-likeness (QED) is 0.625. The van der Waals surface area contributed by atoms with E-state index in [1.165, 1.54) is 0 Å². The molecule has 0 bridgehead atoms. The van der Waals surface area contributed by atoms with Gasteiger partial charge in [0.05, 0.1) is 6.54 Å². The Bertz CT molecular complexity index is 628. The monoisotopic (exact) mass is 350 g/mol. The van der Waals surface area contributed by atoms with Gasteiger partial charge in [0.25, 0.3) is 5.91 Å². The van der Waals surface area contributed by atoms with Crippen molar-refractivity contribution < 1.29 is 24.2 Å². The van der Waals surface area contributed by atoms with E-state index in [-0.39, 0.29) is 19.1 Å². The molecule has 1 rings (SSSR count). The van der Waals surface area contributed by atoms with Gasteiger partial charge in [-0.05, 0) is 43.4 Å². The number of carboxylic acid groups (broad SMARTS) is 1. The van der Waals surface area contributed by atoms with E-state index in [9.17, 15) is 14.4 Å². The zero-order valence-electron chi connectivity index (χ0n) is 15.1. The molecule has 0 heterocycles. The molecule has 2 amide bonds. The number of amides is 2. The second-order valence-corrected chi connectivity index (χ2v) is 6.42. The number of benzene rings is 1. The molecule has 138 valence electrons. The smallest absolute Gasteiger partial charge is 0.326 e. The minimum atomic E-state index is -1.09. The van der Waals surface area contributed by atoms with Crippen molar-refractivity contribution in [2.75, 3.05) is 13.2 Å². The molecule has 25 heavy (non-hydrogen) atoms. The minimum Gasteiger partial charge on any atom is -0.483 e. The van der Waals surface area contributed by atoms with Crippen molar-refractivity contribution >= 4 is 17.8 Å². The molecule has 1 aromatic carbocycles. The molecule has 0 saturated heterocycles. The first-order chi connectivity index (χ1) is 11.7. The van der Waals surface area contributed by atoms with Gasteiger partial charge in [0, 0.05) is 0 Å². The average molecular weight is 350 g/mol. The van der Waals surface area contributed by atoms with Gasteiger partial charge in [0.2, 0.25) is 5.91 Å². The van der Waals surface area contributed by atoms with Gasteiger partial charge in [0.15, 0.2) is 6.61 Å².